The quantitative estimate of drug-likeness (QED) is 0.901. The monoisotopic (exact) mass is 323 g/mol. The second-order valence-corrected chi connectivity index (χ2v) is 7.86. The Bertz CT molecular complexity index is 645. The van der Waals surface area contributed by atoms with Gasteiger partial charge in [-0.2, -0.15) is 4.31 Å². The van der Waals surface area contributed by atoms with Crippen LogP contribution in [0.1, 0.15) is 19.8 Å². The van der Waals surface area contributed by atoms with Crippen LogP contribution in [-0.2, 0) is 14.8 Å². The lowest BCUT2D eigenvalue weighted by atomic mass is 10.1. The van der Waals surface area contributed by atoms with Gasteiger partial charge in [-0.1, -0.05) is 0 Å². The highest BCUT2D eigenvalue weighted by Gasteiger charge is 2.40. The number of hydrogen-bond donors (Lipinski definition) is 1. The molecule has 1 aromatic rings. The number of nitrogens with one attached hydrogen (secondary N) is 1. The molecular formula is C15H21N3O3S. The number of amides is 1. The molecule has 1 amide bonds. The summed E-state index contributed by atoms with van der Waals surface area (Å²) in [7, 11) is -3.42. The molecule has 0 bridgehead atoms. The van der Waals surface area contributed by atoms with Crippen LogP contribution in [0.3, 0.4) is 0 Å². The first kappa shape index (κ1) is 15.5. The van der Waals surface area contributed by atoms with Gasteiger partial charge in [-0.05, 0) is 50.2 Å². The molecule has 7 heteroatoms. The van der Waals surface area contributed by atoms with E-state index >= 15 is 0 Å². The van der Waals surface area contributed by atoms with Crippen molar-refractivity contribution in [2.45, 2.75) is 30.7 Å². The number of likely N-dealkylation sites (tertiary alicyclic amines) is 1. The summed E-state index contributed by atoms with van der Waals surface area (Å²) in [5, 5.41) is 2.63. The zero-order valence-electron chi connectivity index (χ0n) is 12.7. The van der Waals surface area contributed by atoms with Gasteiger partial charge in [-0.3, -0.25) is 9.69 Å². The second kappa shape index (κ2) is 5.98. The van der Waals surface area contributed by atoms with Crippen LogP contribution < -0.4 is 5.32 Å². The number of benzene rings is 1. The van der Waals surface area contributed by atoms with Gasteiger partial charge in [0.05, 0.1) is 4.90 Å². The Kier molecular flexibility index (Phi) is 4.20. The minimum absolute atomic E-state index is 0.174. The summed E-state index contributed by atoms with van der Waals surface area (Å²) in [5.41, 5.74) is 0.602. The maximum absolute atomic E-state index is 12.5. The Morgan fingerprint density at radius 2 is 1.73 bits per heavy atom. The van der Waals surface area contributed by atoms with Crippen molar-refractivity contribution in [2.75, 3.05) is 31.5 Å². The molecule has 1 N–H and O–H groups in total. The lowest BCUT2D eigenvalue weighted by molar-refractivity contribution is -0.114. The zero-order valence-corrected chi connectivity index (χ0v) is 13.5. The van der Waals surface area contributed by atoms with Crippen LogP contribution in [-0.4, -0.2) is 55.8 Å². The molecule has 0 aliphatic carbocycles. The first-order chi connectivity index (χ1) is 10.5. The normalized spacial score (nSPS) is 20.8. The maximum Gasteiger partial charge on any atom is 0.243 e. The van der Waals surface area contributed by atoms with E-state index in [9.17, 15) is 13.2 Å². The highest BCUT2D eigenvalue weighted by molar-refractivity contribution is 7.89. The van der Waals surface area contributed by atoms with Crippen LogP contribution in [0, 0.1) is 0 Å². The first-order valence-corrected chi connectivity index (χ1v) is 9.03. The summed E-state index contributed by atoms with van der Waals surface area (Å²) in [6.45, 7) is 4.75. The number of hydrogen-bond acceptors (Lipinski definition) is 4. The smallest absolute Gasteiger partial charge is 0.243 e. The molecular weight excluding hydrogens is 302 g/mol. The van der Waals surface area contributed by atoms with E-state index in [2.05, 4.69) is 10.2 Å². The van der Waals surface area contributed by atoms with Crippen molar-refractivity contribution < 1.29 is 13.2 Å². The van der Waals surface area contributed by atoms with Gasteiger partial charge in [0.2, 0.25) is 15.9 Å². The molecule has 0 radical (unpaired) electrons. The summed E-state index contributed by atoms with van der Waals surface area (Å²) in [6, 6.07) is 6.70. The molecule has 2 fully saturated rings. The molecule has 0 aromatic heterocycles. The molecule has 2 heterocycles. The Balaban J connectivity index is 1.64. The topological polar surface area (TPSA) is 69.7 Å². The van der Waals surface area contributed by atoms with Gasteiger partial charge in [0.1, 0.15) is 0 Å². The number of carbonyl (C=O) groups excluding carboxylic acids is 1. The maximum atomic E-state index is 12.5. The van der Waals surface area contributed by atoms with Gasteiger partial charge in [0.15, 0.2) is 0 Å². The minimum Gasteiger partial charge on any atom is -0.326 e. The van der Waals surface area contributed by atoms with Gasteiger partial charge in [0.25, 0.3) is 0 Å². The number of carbonyl (C=O) groups is 1. The lowest BCUT2D eigenvalue weighted by Gasteiger charge is -2.42. The van der Waals surface area contributed by atoms with Crippen LogP contribution in [0.4, 0.5) is 5.69 Å². The number of sulfonamides is 1. The molecule has 2 aliphatic rings. The van der Waals surface area contributed by atoms with Crippen molar-refractivity contribution >= 4 is 21.6 Å². The molecule has 0 spiro atoms. The molecule has 6 nitrogen and oxygen atoms in total. The van der Waals surface area contributed by atoms with E-state index in [1.165, 1.54) is 24.1 Å². The molecule has 0 unspecified atom stereocenters. The van der Waals surface area contributed by atoms with Crippen molar-refractivity contribution in [2.24, 2.45) is 0 Å². The summed E-state index contributed by atoms with van der Waals surface area (Å²) in [5.74, 6) is -0.174. The summed E-state index contributed by atoms with van der Waals surface area (Å²) < 4.78 is 26.6. The molecule has 22 heavy (non-hydrogen) atoms. The Hall–Kier alpha value is -1.44. The van der Waals surface area contributed by atoms with Crippen LogP contribution in [0.5, 0.6) is 0 Å². The fourth-order valence-corrected chi connectivity index (χ4v) is 4.53. The summed E-state index contributed by atoms with van der Waals surface area (Å²) in [6.07, 6.45) is 2.43. The van der Waals surface area contributed by atoms with Gasteiger partial charge >= 0.3 is 0 Å². The molecule has 2 aliphatic heterocycles. The van der Waals surface area contributed by atoms with E-state index in [4.69, 9.17) is 0 Å². The number of nitrogens with zero attached hydrogens (tertiary/aromatic N) is 2. The largest absolute Gasteiger partial charge is 0.326 e. The molecule has 0 saturated carbocycles. The van der Waals surface area contributed by atoms with Gasteiger partial charge < -0.3 is 5.32 Å². The van der Waals surface area contributed by atoms with Crippen molar-refractivity contribution in [3.63, 3.8) is 0 Å². The van der Waals surface area contributed by atoms with Crippen LogP contribution in [0.25, 0.3) is 0 Å². The zero-order chi connectivity index (χ0) is 15.7. The summed E-state index contributed by atoms with van der Waals surface area (Å²) >= 11 is 0. The van der Waals surface area contributed by atoms with Crippen molar-refractivity contribution in [3.8, 4) is 0 Å². The fraction of sp³-hybridized carbons (Fsp3) is 0.533. The molecule has 1 aromatic carbocycles. The van der Waals surface area contributed by atoms with E-state index in [0.29, 0.717) is 24.8 Å². The summed E-state index contributed by atoms with van der Waals surface area (Å²) in [4.78, 5) is 13.6. The Labute approximate surface area is 131 Å². The standard InChI is InChI=1S/C15H21N3O3S/c1-12(19)16-13-4-6-15(7-5-13)22(20,21)18-10-14(11-18)17-8-2-3-9-17/h4-7,14H,2-3,8-11H2,1H3,(H,16,19). The molecule has 3 rings (SSSR count). The highest BCUT2D eigenvalue weighted by Crippen LogP contribution is 2.27. The average molecular weight is 323 g/mol. The van der Waals surface area contributed by atoms with Crippen LogP contribution >= 0.6 is 0 Å². The Morgan fingerprint density at radius 1 is 1.14 bits per heavy atom. The van der Waals surface area contributed by atoms with E-state index in [0.717, 1.165) is 13.1 Å². The van der Waals surface area contributed by atoms with Gasteiger partial charge in [-0.25, -0.2) is 8.42 Å². The number of rotatable bonds is 4. The fourth-order valence-electron chi connectivity index (χ4n) is 3.01. The van der Waals surface area contributed by atoms with E-state index in [1.807, 2.05) is 0 Å². The average Bonchev–Trinajstić information content (AvgIpc) is 2.90. The number of anilines is 1. The van der Waals surface area contributed by atoms with Crippen LogP contribution in [0.15, 0.2) is 29.2 Å². The van der Waals surface area contributed by atoms with Crippen molar-refractivity contribution in [1.82, 2.24) is 9.21 Å². The third-order valence-corrected chi connectivity index (χ3v) is 6.14. The molecule has 2 saturated heterocycles. The van der Waals surface area contributed by atoms with Gasteiger partial charge in [0, 0.05) is 31.7 Å². The predicted octanol–water partition coefficient (Wildman–Crippen LogP) is 1.11. The van der Waals surface area contributed by atoms with E-state index < -0.39 is 10.0 Å². The Morgan fingerprint density at radius 3 is 2.27 bits per heavy atom. The van der Waals surface area contributed by atoms with Crippen molar-refractivity contribution in [3.05, 3.63) is 24.3 Å². The first-order valence-electron chi connectivity index (χ1n) is 7.59. The third kappa shape index (κ3) is 3.02. The second-order valence-electron chi connectivity index (χ2n) is 5.92. The van der Waals surface area contributed by atoms with Crippen molar-refractivity contribution in [1.29, 1.82) is 0 Å². The van der Waals surface area contributed by atoms with Gasteiger partial charge in [-0.15, -0.1) is 0 Å². The SMILES string of the molecule is CC(=O)Nc1ccc(S(=O)(=O)N2CC(N3CCCC3)C2)cc1. The van der Waals surface area contributed by atoms with E-state index in [-0.39, 0.29) is 10.8 Å². The van der Waals surface area contributed by atoms with Crippen LogP contribution in [0.2, 0.25) is 0 Å². The lowest BCUT2D eigenvalue weighted by Crippen LogP contribution is -2.60. The molecule has 120 valence electrons. The molecule has 0 atom stereocenters. The predicted molar refractivity (Wildman–Crippen MR) is 84.1 cm³/mol. The van der Waals surface area contributed by atoms with E-state index in [1.54, 1.807) is 24.3 Å². The third-order valence-electron chi connectivity index (χ3n) is 4.30. The highest BCUT2D eigenvalue weighted by atomic mass is 32.2. The minimum atomic E-state index is -3.42.